The smallest absolute Gasteiger partial charge is 0.337 e. The van der Waals surface area contributed by atoms with E-state index in [1.807, 2.05) is 13.0 Å². The molecule has 0 saturated carbocycles. The summed E-state index contributed by atoms with van der Waals surface area (Å²) in [5.74, 6) is -0.280. The van der Waals surface area contributed by atoms with Crippen molar-refractivity contribution in [2.75, 3.05) is 26.1 Å². The molecule has 0 saturated heterocycles. The minimum atomic E-state index is -0.607. The normalized spacial score (nSPS) is 10.7. The molecule has 8 heteroatoms. The fourth-order valence-electron chi connectivity index (χ4n) is 2.49. The first-order chi connectivity index (χ1) is 14.4. The maximum Gasteiger partial charge on any atom is 0.337 e. The highest BCUT2D eigenvalue weighted by molar-refractivity contribution is 6.32. The second kappa shape index (κ2) is 10.9. The molecule has 2 rings (SSSR count). The topological polar surface area (TPSA) is 97.7 Å². The van der Waals surface area contributed by atoms with Gasteiger partial charge in [0.2, 0.25) is 0 Å². The molecule has 7 nitrogen and oxygen atoms in total. The lowest BCUT2D eigenvalue weighted by Gasteiger charge is -2.13. The molecule has 0 atom stereocenters. The zero-order valence-corrected chi connectivity index (χ0v) is 17.6. The Kier molecular flexibility index (Phi) is 8.27. The first-order valence-electron chi connectivity index (χ1n) is 9.05. The van der Waals surface area contributed by atoms with E-state index in [9.17, 15) is 14.9 Å². The van der Waals surface area contributed by atoms with Gasteiger partial charge in [-0.2, -0.15) is 5.26 Å². The predicted octanol–water partition coefficient (Wildman–Crippen LogP) is 4.47. The van der Waals surface area contributed by atoms with E-state index in [1.165, 1.54) is 32.4 Å². The number of amides is 1. The van der Waals surface area contributed by atoms with E-state index in [-0.39, 0.29) is 5.57 Å². The summed E-state index contributed by atoms with van der Waals surface area (Å²) in [6.07, 6.45) is 2.21. The number of nitriles is 1. The summed E-state index contributed by atoms with van der Waals surface area (Å²) in [5.41, 5.74) is 1.15. The van der Waals surface area contributed by atoms with Gasteiger partial charge in [0.1, 0.15) is 11.6 Å². The number of anilines is 1. The van der Waals surface area contributed by atoms with Crippen molar-refractivity contribution >= 4 is 35.2 Å². The highest BCUT2D eigenvalue weighted by Crippen LogP contribution is 2.37. The second-order valence-corrected chi connectivity index (χ2v) is 6.48. The maximum absolute atomic E-state index is 12.5. The molecule has 0 spiro atoms. The molecule has 30 heavy (non-hydrogen) atoms. The van der Waals surface area contributed by atoms with Crippen molar-refractivity contribution in [1.82, 2.24) is 0 Å². The van der Waals surface area contributed by atoms with Crippen LogP contribution in [0.25, 0.3) is 6.08 Å². The van der Waals surface area contributed by atoms with Crippen LogP contribution in [0.3, 0.4) is 0 Å². The fraction of sp³-hybridized carbons (Fsp3) is 0.227. The lowest BCUT2D eigenvalue weighted by molar-refractivity contribution is -0.112. The molecule has 1 N–H and O–H groups in total. The molecule has 0 aliphatic carbocycles. The minimum Gasteiger partial charge on any atom is -0.493 e. The molecule has 0 fully saturated rings. The predicted molar refractivity (Wildman–Crippen MR) is 114 cm³/mol. The number of esters is 1. The Bertz CT molecular complexity index is 994. The van der Waals surface area contributed by atoms with Crippen LogP contribution in [0.1, 0.15) is 29.3 Å². The van der Waals surface area contributed by atoms with Crippen molar-refractivity contribution in [2.24, 2.45) is 0 Å². The number of nitrogens with zero attached hydrogens (tertiary/aromatic N) is 1. The number of hydrogen-bond acceptors (Lipinski definition) is 6. The molecular formula is C22H21ClN2O5. The van der Waals surface area contributed by atoms with Crippen molar-refractivity contribution in [3.8, 4) is 17.6 Å². The fourth-order valence-corrected chi connectivity index (χ4v) is 2.76. The number of halogens is 1. The standard InChI is InChI=1S/C22H21ClN2O5/c1-4-9-30-20-18(23)11-14(12-19(20)28-2)10-16(13-24)21(26)25-17-7-5-15(6-8-17)22(27)29-3/h5-8,10-12H,4,9H2,1-3H3,(H,25,26)/b16-10+. The Balaban J connectivity index is 2.24. The second-order valence-electron chi connectivity index (χ2n) is 6.08. The van der Waals surface area contributed by atoms with Crippen LogP contribution in [0.5, 0.6) is 11.5 Å². The van der Waals surface area contributed by atoms with E-state index in [0.29, 0.717) is 39.9 Å². The van der Waals surface area contributed by atoms with Crippen molar-refractivity contribution in [3.63, 3.8) is 0 Å². The number of carbonyl (C=O) groups is 2. The molecule has 0 bridgehead atoms. The van der Waals surface area contributed by atoms with Gasteiger partial charge in [-0.3, -0.25) is 4.79 Å². The SMILES string of the molecule is CCCOc1c(Cl)cc(/C=C(\C#N)C(=O)Nc2ccc(C(=O)OC)cc2)cc1OC. The number of benzene rings is 2. The van der Waals surface area contributed by atoms with Gasteiger partial charge in [0, 0.05) is 5.69 Å². The molecule has 0 unspecified atom stereocenters. The average molecular weight is 429 g/mol. The van der Waals surface area contributed by atoms with Crippen LogP contribution in [0.2, 0.25) is 5.02 Å². The minimum absolute atomic E-state index is 0.132. The molecule has 0 radical (unpaired) electrons. The molecule has 2 aromatic rings. The van der Waals surface area contributed by atoms with Crippen LogP contribution in [0.15, 0.2) is 42.0 Å². The van der Waals surface area contributed by atoms with Gasteiger partial charge in [-0.15, -0.1) is 0 Å². The van der Waals surface area contributed by atoms with Gasteiger partial charge in [-0.05, 0) is 54.5 Å². The van der Waals surface area contributed by atoms with Crippen LogP contribution in [0.4, 0.5) is 5.69 Å². The third-order valence-electron chi connectivity index (χ3n) is 3.94. The third kappa shape index (κ3) is 5.75. The van der Waals surface area contributed by atoms with Crippen molar-refractivity contribution < 1.29 is 23.8 Å². The highest BCUT2D eigenvalue weighted by atomic mass is 35.5. The molecule has 1 amide bonds. The molecule has 0 aliphatic heterocycles. The zero-order chi connectivity index (χ0) is 22.1. The van der Waals surface area contributed by atoms with Crippen LogP contribution in [-0.4, -0.2) is 32.7 Å². The average Bonchev–Trinajstić information content (AvgIpc) is 2.76. The number of nitrogens with one attached hydrogen (secondary N) is 1. The van der Waals surface area contributed by atoms with Gasteiger partial charge < -0.3 is 19.5 Å². The molecular weight excluding hydrogens is 408 g/mol. The first kappa shape index (κ1) is 22.8. The molecule has 0 heterocycles. The largest absolute Gasteiger partial charge is 0.493 e. The zero-order valence-electron chi connectivity index (χ0n) is 16.8. The van der Waals surface area contributed by atoms with Gasteiger partial charge in [0.25, 0.3) is 5.91 Å². The molecule has 156 valence electrons. The summed E-state index contributed by atoms with van der Waals surface area (Å²) in [6.45, 7) is 2.45. The number of methoxy groups -OCH3 is 2. The van der Waals surface area contributed by atoms with Crippen molar-refractivity contribution in [2.45, 2.75) is 13.3 Å². The summed E-state index contributed by atoms with van der Waals surface area (Å²) in [4.78, 5) is 24.0. The van der Waals surface area contributed by atoms with E-state index in [4.69, 9.17) is 21.1 Å². The highest BCUT2D eigenvalue weighted by Gasteiger charge is 2.14. The Hall–Kier alpha value is -3.50. The van der Waals surface area contributed by atoms with Gasteiger partial charge in [-0.25, -0.2) is 4.79 Å². The Morgan fingerprint density at radius 1 is 1.20 bits per heavy atom. The molecule has 0 aliphatic rings. The van der Waals surface area contributed by atoms with Gasteiger partial charge in [0.15, 0.2) is 11.5 Å². The van der Waals surface area contributed by atoms with E-state index < -0.39 is 11.9 Å². The number of ether oxygens (including phenoxy) is 3. The maximum atomic E-state index is 12.5. The van der Waals surface area contributed by atoms with Gasteiger partial charge in [0.05, 0.1) is 31.4 Å². The van der Waals surface area contributed by atoms with Crippen molar-refractivity contribution in [1.29, 1.82) is 5.26 Å². The Labute approximate surface area is 179 Å². The van der Waals surface area contributed by atoms with E-state index in [0.717, 1.165) is 6.42 Å². The number of hydrogen-bond donors (Lipinski definition) is 1. The summed E-state index contributed by atoms with van der Waals surface area (Å²) >= 11 is 6.28. The Morgan fingerprint density at radius 3 is 2.47 bits per heavy atom. The van der Waals surface area contributed by atoms with E-state index in [2.05, 4.69) is 10.1 Å². The summed E-state index contributed by atoms with van der Waals surface area (Å²) in [6, 6.07) is 11.2. The van der Waals surface area contributed by atoms with Crippen LogP contribution in [0, 0.1) is 11.3 Å². The summed E-state index contributed by atoms with van der Waals surface area (Å²) in [5, 5.41) is 12.3. The number of carbonyl (C=O) groups excluding carboxylic acids is 2. The van der Waals surface area contributed by atoms with Crippen molar-refractivity contribution in [3.05, 3.63) is 58.1 Å². The lowest BCUT2D eigenvalue weighted by atomic mass is 10.1. The number of rotatable bonds is 8. The van der Waals surface area contributed by atoms with Crippen LogP contribution in [-0.2, 0) is 9.53 Å². The lowest BCUT2D eigenvalue weighted by Crippen LogP contribution is -2.13. The quantitative estimate of drug-likeness (QED) is 0.378. The monoisotopic (exact) mass is 428 g/mol. The summed E-state index contributed by atoms with van der Waals surface area (Å²) < 4.78 is 15.5. The Morgan fingerprint density at radius 2 is 1.90 bits per heavy atom. The third-order valence-corrected chi connectivity index (χ3v) is 4.22. The van der Waals surface area contributed by atoms with Gasteiger partial charge >= 0.3 is 5.97 Å². The van der Waals surface area contributed by atoms with Crippen LogP contribution >= 0.6 is 11.6 Å². The van der Waals surface area contributed by atoms with E-state index in [1.54, 1.807) is 24.3 Å². The molecule has 2 aromatic carbocycles. The van der Waals surface area contributed by atoms with Gasteiger partial charge in [-0.1, -0.05) is 18.5 Å². The van der Waals surface area contributed by atoms with Crippen LogP contribution < -0.4 is 14.8 Å². The first-order valence-corrected chi connectivity index (χ1v) is 9.43. The molecule has 0 aromatic heterocycles. The van der Waals surface area contributed by atoms with E-state index >= 15 is 0 Å². The summed E-state index contributed by atoms with van der Waals surface area (Å²) in [7, 11) is 2.76.